The summed E-state index contributed by atoms with van der Waals surface area (Å²) in [5, 5.41) is 6.39. The average molecular weight is 394 g/mol. The minimum atomic E-state index is -0.269. The zero-order valence-electron chi connectivity index (χ0n) is 12.7. The van der Waals surface area contributed by atoms with Gasteiger partial charge in [0.2, 0.25) is 5.91 Å². The minimum absolute atomic E-state index is 0. The number of nitrogens with one attached hydrogen (secondary N) is 2. The van der Waals surface area contributed by atoms with E-state index in [0.717, 1.165) is 31.6 Å². The lowest BCUT2D eigenvalue weighted by molar-refractivity contribution is -0.138. The SMILES string of the molecule is C=CCNC(=NC)NCC1(C(=O)N(C)C)CCCC1.I. The van der Waals surface area contributed by atoms with Gasteiger partial charge in [-0.05, 0) is 12.8 Å². The van der Waals surface area contributed by atoms with Crippen molar-refractivity contribution in [3.05, 3.63) is 12.7 Å². The van der Waals surface area contributed by atoms with Gasteiger partial charge in [0.05, 0.1) is 5.41 Å². The van der Waals surface area contributed by atoms with Gasteiger partial charge >= 0.3 is 0 Å². The summed E-state index contributed by atoms with van der Waals surface area (Å²) in [6, 6.07) is 0. The number of nitrogens with zero attached hydrogens (tertiary/aromatic N) is 2. The molecule has 0 bridgehead atoms. The highest BCUT2D eigenvalue weighted by Gasteiger charge is 2.41. The highest BCUT2D eigenvalue weighted by molar-refractivity contribution is 14.0. The van der Waals surface area contributed by atoms with E-state index in [1.54, 1.807) is 18.0 Å². The molecule has 0 aromatic heterocycles. The van der Waals surface area contributed by atoms with Gasteiger partial charge in [-0.2, -0.15) is 0 Å². The van der Waals surface area contributed by atoms with Gasteiger partial charge in [0.25, 0.3) is 0 Å². The average Bonchev–Trinajstić information content (AvgIpc) is 2.88. The zero-order chi connectivity index (χ0) is 14.3. The number of aliphatic imine (C=N–C) groups is 1. The second-order valence-corrected chi connectivity index (χ2v) is 5.28. The second kappa shape index (κ2) is 9.20. The molecule has 5 nitrogen and oxygen atoms in total. The maximum absolute atomic E-state index is 12.4. The van der Waals surface area contributed by atoms with E-state index < -0.39 is 0 Å². The lowest BCUT2D eigenvalue weighted by Gasteiger charge is -2.31. The maximum atomic E-state index is 12.4. The van der Waals surface area contributed by atoms with Crippen LogP contribution in [0.4, 0.5) is 0 Å². The van der Waals surface area contributed by atoms with Crippen molar-refractivity contribution >= 4 is 35.8 Å². The van der Waals surface area contributed by atoms with Gasteiger partial charge in [-0.1, -0.05) is 18.9 Å². The van der Waals surface area contributed by atoms with Crippen LogP contribution >= 0.6 is 24.0 Å². The van der Waals surface area contributed by atoms with E-state index in [0.29, 0.717) is 13.1 Å². The number of carbonyl (C=O) groups is 1. The molecule has 20 heavy (non-hydrogen) atoms. The molecule has 0 aromatic carbocycles. The molecular weight excluding hydrogens is 367 g/mol. The number of hydrogen-bond acceptors (Lipinski definition) is 2. The molecule has 0 saturated heterocycles. The Bertz CT molecular complexity index is 349. The first kappa shape index (κ1) is 19.2. The van der Waals surface area contributed by atoms with E-state index >= 15 is 0 Å². The Labute approximate surface area is 139 Å². The van der Waals surface area contributed by atoms with Gasteiger partial charge in [-0.25, -0.2) is 0 Å². The molecule has 116 valence electrons. The van der Waals surface area contributed by atoms with Gasteiger partial charge in [0.1, 0.15) is 0 Å². The summed E-state index contributed by atoms with van der Waals surface area (Å²) in [5.74, 6) is 0.939. The fourth-order valence-electron chi connectivity index (χ4n) is 2.63. The molecule has 1 aliphatic rings. The van der Waals surface area contributed by atoms with Crippen LogP contribution in [-0.2, 0) is 4.79 Å². The molecule has 0 aromatic rings. The van der Waals surface area contributed by atoms with Crippen molar-refractivity contribution in [3.8, 4) is 0 Å². The zero-order valence-corrected chi connectivity index (χ0v) is 15.1. The molecule has 1 fully saturated rings. The third kappa shape index (κ3) is 4.96. The molecule has 0 aliphatic heterocycles. The first-order valence-electron chi connectivity index (χ1n) is 6.83. The van der Waals surface area contributed by atoms with Gasteiger partial charge in [0.15, 0.2) is 5.96 Å². The third-order valence-corrected chi connectivity index (χ3v) is 3.65. The molecule has 0 atom stereocenters. The molecule has 0 spiro atoms. The first-order chi connectivity index (χ1) is 9.05. The van der Waals surface area contributed by atoms with Crippen LogP contribution in [0.25, 0.3) is 0 Å². The second-order valence-electron chi connectivity index (χ2n) is 5.28. The van der Waals surface area contributed by atoms with Crippen LogP contribution in [0.3, 0.4) is 0 Å². The fourth-order valence-corrected chi connectivity index (χ4v) is 2.63. The fraction of sp³-hybridized carbons (Fsp3) is 0.714. The van der Waals surface area contributed by atoms with E-state index in [1.807, 2.05) is 14.1 Å². The highest BCUT2D eigenvalue weighted by Crippen LogP contribution is 2.38. The molecule has 0 radical (unpaired) electrons. The van der Waals surface area contributed by atoms with E-state index in [9.17, 15) is 4.79 Å². The van der Waals surface area contributed by atoms with E-state index in [2.05, 4.69) is 22.2 Å². The molecule has 0 heterocycles. The van der Waals surface area contributed by atoms with Gasteiger partial charge in [0, 0.05) is 34.2 Å². The number of carbonyl (C=O) groups excluding carboxylic acids is 1. The molecule has 0 unspecified atom stereocenters. The molecular formula is C14H27IN4O. The normalized spacial score (nSPS) is 17.1. The Morgan fingerprint density at radius 3 is 2.40 bits per heavy atom. The summed E-state index contributed by atoms with van der Waals surface area (Å²) < 4.78 is 0. The smallest absolute Gasteiger partial charge is 0.230 e. The Balaban J connectivity index is 0.00000361. The van der Waals surface area contributed by atoms with Gasteiger partial charge < -0.3 is 15.5 Å². The van der Waals surface area contributed by atoms with Crippen LogP contribution in [0.5, 0.6) is 0 Å². The summed E-state index contributed by atoms with van der Waals surface area (Å²) in [6.07, 6.45) is 5.94. The topological polar surface area (TPSA) is 56.7 Å². The summed E-state index contributed by atoms with van der Waals surface area (Å²) in [5.41, 5.74) is -0.269. The standard InChI is InChI=1S/C14H26N4O.HI/c1-5-10-16-13(15-2)17-11-14(8-6-7-9-14)12(19)18(3)4;/h5H,1,6-11H2,2-4H3,(H2,15,16,17);1H. The van der Waals surface area contributed by atoms with E-state index in [1.165, 1.54) is 0 Å². The summed E-state index contributed by atoms with van der Waals surface area (Å²) in [7, 11) is 5.38. The van der Waals surface area contributed by atoms with Crippen molar-refractivity contribution < 1.29 is 4.79 Å². The lowest BCUT2D eigenvalue weighted by atomic mass is 9.84. The highest BCUT2D eigenvalue weighted by atomic mass is 127. The Kier molecular flexibility index (Phi) is 8.84. The Morgan fingerprint density at radius 2 is 1.95 bits per heavy atom. The Morgan fingerprint density at radius 1 is 1.35 bits per heavy atom. The number of hydrogen-bond donors (Lipinski definition) is 2. The number of rotatable bonds is 5. The summed E-state index contributed by atoms with van der Waals surface area (Å²) >= 11 is 0. The lowest BCUT2D eigenvalue weighted by Crippen LogP contribution is -2.49. The molecule has 2 N–H and O–H groups in total. The van der Waals surface area contributed by atoms with Crippen molar-refractivity contribution in [2.45, 2.75) is 25.7 Å². The number of guanidine groups is 1. The summed E-state index contributed by atoms with van der Waals surface area (Å²) in [6.45, 7) is 4.96. The number of halogens is 1. The van der Waals surface area contributed by atoms with Crippen LogP contribution in [0.15, 0.2) is 17.6 Å². The monoisotopic (exact) mass is 394 g/mol. The van der Waals surface area contributed by atoms with Crippen molar-refractivity contribution in [2.75, 3.05) is 34.2 Å². The van der Waals surface area contributed by atoms with Crippen molar-refractivity contribution in [1.29, 1.82) is 0 Å². The van der Waals surface area contributed by atoms with Crippen molar-refractivity contribution in [2.24, 2.45) is 10.4 Å². The molecule has 6 heteroatoms. The van der Waals surface area contributed by atoms with Crippen molar-refractivity contribution in [3.63, 3.8) is 0 Å². The maximum Gasteiger partial charge on any atom is 0.230 e. The van der Waals surface area contributed by atoms with Crippen LogP contribution in [0.1, 0.15) is 25.7 Å². The van der Waals surface area contributed by atoms with Gasteiger partial charge in [-0.3, -0.25) is 9.79 Å². The Hall–Kier alpha value is -0.790. The van der Waals surface area contributed by atoms with Crippen LogP contribution in [0.2, 0.25) is 0 Å². The van der Waals surface area contributed by atoms with Crippen molar-refractivity contribution in [1.82, 2.24) is 15.5 Å². The molecule has 1 amide bonds. The minimum Gasteiger partial charge on any atom is -0.355 e. The van der Waals surface area contributed by atoms with Crippen LogP contribution in [0, 0.1) is 5.41 Å². The van der Waals surface area contributed by atoms with E-state index in [-0.39, 0.29) is 35.3 Å². The van der Waals surface area contributed by atoms with Crippen LogP contribution in [-0.4, -0.2) is 51.0 Å². The quantitative estimate of drug-likeness (QED) is 0.323. The third-order valence-electron chi connectivity index (χ3n) is 3.65. The predicted octanol–water partition coefficient (Wildman–Crippen LogP) is 1.60. The molecule has 1 aliphatic carbocycles. The van der Waals surface area contributed by atoms with Gasteiger partial charge in [-0.15, -0.1) is 30.6 Å². The summed E-state index contributed by atoms with van der Waals surface area (Å²) in [4.78, 5) is 18.2. The molecule has 1 rings (SSSR count). The first-order valence-corrected chi connectivity index (χ1v) is 6.83. The van der Waals surface area contributed by atoms with Crippen LogP contribution < -0.4 is 10.6 Å². The van der Waals surface area contributed by atoms with E-state index in [4.69, 9.17) is 0 Å². The number of amides is 1. The predicted molar refractivity (Wildman–Crippen MR) is 94.6 cm³/mol. The largest absolute Gasteiger partial charge is 0.355 e. The molecule has 1 saturated carbocycles.